The number of hydrogen-bond acceptors (Lipinski definition) is 9. The maximum absolute atomic E-state index is 12.9. The van der Waals surface area contributed by atoms with Crippen molar-refractivity contribution in [2.75, 3.05) is 33.4 Å². The maximum Gasteiger partial charge on any atom is 0.276 e. The van der Waals surface area contributed by atoms with Crippen LogP contribution < -0.4 is 0 Å². The summed E-state index contributed by atoms with van der Waals surface area (Å²) >= 11 is 0. The molecule has 2 aliphatic rings. The van der Waals surface area contributed by atoms with E-state index >= 15 is 0 Å². The zero-order valence-corrected chi connectivity index (χ0v) is 17.5. The molecule has 4 rings (SSSR count). The van der Waals surface area contributed by atoms with Gasteiger partial charge in [0.2, 0.25) is 5.89 Å². The number of amides is 1. The Hall–Kier alpha value is -2.30. The van der Waals surface area contributed by atoms with Gasteiger partial charge in [0, 0.05) is 39.3 Å². The largest absolute Gasteiger partial charge is 0.381 e. The minimum Gasteiger partial charge on any atom is -0.381 e. The molecule has 0 bridgehead atoms. The van der Waals surface area contributed by atoms with Gasteiger partial charge in [-0.2, -0.15) is 4.98 Å². The number of rotatable bonds is 7. The molecule has 0 spiro atoms. The Labute approximate surface area is 174 Å². The topological polar surface area (TPSA) is 113 Å². The van der Waals surface area contributed by atoms with Crippen LogP contribution in [0.15, 0.2) is 9.05 Å². The quantitative estimate of drug-likeness (QED) is 0.665. The summed E-state index contributed by atoms with van der Waals surface area (Å²) in [5, 5.41) is 7.99. The molecule has 4 heterocycles. The average Bonchev–Trinajstić information content (AvgIpc) is 3.40. The summed E-state index contributed by atoms with van der Waals surface area (Å²) in [6.45, 7) is 4.92. The molecule has 164 valence electrons. The van der Waals surface area contributed by atoms with Crippen LogP contribution in [0.25, 0.3) is 0 Å². The highest BCUT2D eigenvalue weighted by Crippen LogP contribution is 2.26. The summed E-state index contributed by atoms with van der Waals surface area (Å²) in [6, 6.07) is 0. The third-order valence-corrected chi connectivity index (χ3v) is 5.64. The highest BCUT2D eigenvalue weighted by atomic mass is 16.5. The van der Waals surface area contributed by atoms with Gasteiger partial charge in [-0.3, -0.25) is 4.79 Å². The summed E-state index contributed by atoms with van der Waals surface area (Å²) in [5.41, 5.74) is 1.01. The van der Waals surface area contributed by atoms with Crippen LogP contribution in [-0.2, 0) is 27.4 Å². The van der Waals surface area contributed by atoms with E-state index in [1.807, 2.05) is 0 Å². The molecule has 1 amide bonds. The van der Waals surface area contributed by atoms with Crippen LogP contribution >= 0.6 is 0 Å². The molecule has 2 fully saturated rings. The van der Waals surface area contributed by atoms with Gasteiger partial charge in [-0.25, -0.2) is 0 Å². The van der Waals surface area contributed by atoms with Crippen molar-refractivity contribution in [1.29, 1.82) is 0 Å². The molecule has 0 aliphatic carbocycles. The zero-order valence-electron chi connectivity index (χ0n) is 17.5. The zero-order chi connectivity index (χ0) is 20.9. The van der Waals surface area contributed by atoms with Gasteiger partial charge in [0.15, 0.2) is 11.5 Å². The highest BCUT2D eigenvalue weighted by molar-refractivity contribution is 5.93. The van der Waals surface area contributed by atoms with Gasteiger partial charge in [-0.1, -0.05) is 10.3 Å². The number of carbonyl (C=O) groups excluding carboxylic acids is 1. The Bertz CT molecular complexity index is 844. The first-order valence-corrected chi connectivity index (χ1v) is 10.4. The molecule has 0 aromatic carbocycles. The number of aromatic nitrogens is 3. The number of nitrogens with zero attached hydrogens (tertiary/aromatic N) is 4. The summed E-state index contributed by atoms with van der Waals surface area (Å²) in [5.74, 6) is 1.89. The molecule has 1 atom stereocenters. The fraction of sp³-hybridized carbons (Fsp3) is 0.700. The molecule has 2 aromatic rings. The molecule has 2 aromatic heterocycles. The number of piperidine rings is 1. The second-order valence-electron chi connectivity index (χ2n) is 7.76. The predicted octanol–water partition coefficient (Wildman–Crippen LogP) is 2.23. The van der Waals surface area contributed by atoms with Crippen molar-refractivity contribution in [3.05, 3.63) is 28.7 Å². The fourth-order valence-corrected chi connectivity index (χ4v) is 3.91. The molecule has 2 saturated heterocycles. The minimum absolute atomic E-state index is 0.0911. The number of likely N-dealkylation sites (tertiary alicyclic amines) is 1. The molecular weight excluding hydrogens is 392 g/mol. The van der Waals surface area contributed by atoms with Crippen molar-refractivity contribution in [3.63, 3.8) is 0 Å². The van der Waals surface area contributed by atoms with Crippen molar-refractivity contribution in [1.82, 2.24) is 20.2 Å². The monoisotopic (exact) mass is 420 g/mol. The lowest BCUT2D eigenvalue weighted by Crippen LogP contribution is -2.43. The molecule has 0 saturated carbocycles. The first-order chi connectivity index (χ1) is 14.7. The van der Waals surface area contributed by atoms with E-state index in [0.717, 1.165) is 38.9 Å². The van der Waals surface area contributed by atoms with Crippen LogP contribution in [0.4, 0.5) is 0 Å². The van der Waals surface area contributed by atoms with Gasteiger partial charge in [-0.05, 0) is 32.6 Å². The first kappa shape index (κ1) is 21.0. The van der Waals surface area contributed by atoms with Crippen LogP contribution in [0.3, 0.4) is 0 Å². The van der Waals surface area contributed by atoms with Crippen molar-refractivity contribution < 1.29 is 28.1 Å². The fourth-order valence-electron chi connectivity index (χ4n) is 3.91. The maximum atomic E-state index is 12.9. The molecule has 0 N–H and O–H groups in total. The average molecular weight is 420 g/mol. The van der Waals surface area contributed by atoms with Crippen LogP contribution in [0.5, 0.6) is 0 Å². The Balaban J connectivity index is 1.32. The lowest BCUT2D eigenvalue weighted by Gasteiger charge is -2.32. The van der Waals surface area contributed by atoms with Gasteiger partial charge in [0.1, 0.15) is 12.4 Å². The third-order valence-electron chi connectivity index (χ3n) is 5.64. The number of aryl methyl sites for hydroxylation is 1. The van der Waals surface area contributed by atoms with Gasteiger partial charge in [0.05, 0.1) is 18.3 Å². The molecule has 1 unspecified atom stereocenters. The Morgan fingerprint density at radius 3 is 2.80 bits per heavy atom. The lowest BCUT2D eigenvalue weighted by atomic mass is 10.0. The molecular formula is C20H28N4O6. The van der Waals surface area contributed by atoms with E-state index in [4.69, 9.17) is 23.3 Å². The van der Waals surface area contributed by atoms with Gasteiger partial charge >= 0.3 is 0 Å². The molecule has 10 heteroatoms. The van der Waals surface area contributed by atoms with Crippen molar-refractivity contribution in [2.45, 2.75) is 57.8 Å². The molecule has 10 nitrogen and oxygen atoms in total. The number of ether oxygens (including phenoxy) is 3. The third kappa shape index (κ3) is 4.71. The Kier molecular flexibility index (Phi) is 6.76. The molecule has 2 aliphatic heterocycles. The van der Waals surface area contributed by atoms with Crippen molar-refractivity contribution in [3.8, 4) is 0 Å². The Morgan fingerprint density at radius 1 is 1.17 bits per heavy atom. The van der Waals surface area contributed by atoms with E-state index in [0.29, 0.717) is 41.8 Å². The molecule has 0 radical (unpaired) electrons. The predicted molar refractivity (Wildman–Crippen MR) is 103 cm³/mol. The Morgan fingerprint density at radius 2 is 2.00 bits per heavy atom. The van der Waals surface area contributed by atoms with E-state index < -0.39 is 0 Å². The summed E-state index contributed by atoms with van der Waals surface area (Å²) in [6.07, 6.45) is 3.43. The summed E-state index contributed by atoms with van der Waals surface area (Å²) in [4.78, 5) is 19.2. The molecule has 30 heavy (non-hydrogen) atoms. The van der Waals surface area contributed by atoms with Crippen LogP contribution in [0.2, 0.25) is 0 Å². The van der Waals surface area contributed by atoms with E-state index in [9.17, 15) is 4.79 Å². The first-order valence-electron chi connectivity index (χ1n) is 10.4. The van der Waals surface area contributed by atoms with Crippen LogP contribution in [-0.4, -0.2) is 65.6 Å². The smallest absolute Gasteiger partial charge is 0.276 e. The second-order valence-corrected chi connectivity index (χ2v) is 7.76. The van der Waals surface area contributed by atoms with E-state index in [-0.39, 0.29) is 31.1 Å². The van der Waals surface area contributed by atoms with Gasteiger partial charge in [-0.15, -0.1) is 0 Å². The van der Waals surface area contributed by atoms with Crippen molar-refractivity contribution >= 4 is 5.91 Å². The van der Waals surface area contributed by atoms with E-state index in [1.165, 1.54) is 0 Å². The number of hydrogen-bond donors (Lipinski definition) is 0. The standard InChI is InChI=1S/C20H28N4O6/c1-13-16(11-26-2)18(23-29-13)20(25)24-7-3-4-15(10-24)28-12-17-21-19(30-22-17)14-5-8-27-9-6-14/h14-15H,3-12H2,1-2H3. The normalized spacial score (nSPS) is 20.6. The summed E-state index contributed by atoms with van der Waals surface area (Å²) in [7, 11) is 1.58. The van der Waals surface area contributed by atoms with Gasteiger partial charge in [0.25, 0.3) is 5.91 Å². The second kappa shape index (κ2) is 9.67. The number of carbonyl (C=O) groups is 1. The van der Waals surface area contributed by atoms with E-state index in [1.54, 1.807) is 18.9 Å². The van der Waals surface area contributed by atoms with E-state index in [2.05, 4.69) is 15.3 Å². The highest BCUT2D eigenvalue weighted by Gasteiger charge is 2.30. The lowest BCUT2D eigenvalue weighted by molar-refractivity contribution is -0.00992. The van der Waals surface area contributed by atoms with Gasteiger partial charge < -0.3 is 28.2 Å². The number of methoxy groups -OCH3 is 1. The SMILES string of the molecule is COCc1c(C(=O)N2CCCC(OCc3noc(C4CCOCC4)n3)C2)noc1C. The summed E-state index contributed by atoms with van der Waals surface area (Å²) < 4.78 is 27.2. The van der Waals surface area contributed by atoms with Crippen LogP contribution in [0, 0.1) is 6.92 Å². The minimum atomic E-state index is -0.159. The van der Waals surface area contributed by atoms with Crippen LogP contribution in [0.1, 0.15) is 65.1 Å². The van der Waals surface area contributed by atoms with Crippen molar-refractivity contribution in [2.24, 2.45) is 0 Å².